The predicted molar refractivity (Wildman–Crippen MR) is 85.5 cm³/mol. The van der Waals surface area contributed by atoms with Gasteiger partial charge < -0.3 is 15.7 Å². The third kappa shape index (κ3) is 5.33. The van der Waals surface area contributed by atoms with Gasteiger partial charge in [-0.3, -0.25) is 4.68 Å². The first kappa shape index (κ1) is 16.8. The van der Waals surface area contributed by atoms with Gasteiger partial charge in [0.25, 0.3) is 0 Å². The summed E-state index contributed by atoms with van der Waals surface area (Å²) in [5.74, 6) is 0.198. The van der Waals surface area contributed by atoms with Crippen LogP contribution < -0.4 is 10.6 Å². The van der Waals surface area contributed by atoms with Crippen LogP contribution in [0.5, 0.6) is 0 Å². The molecule has 1 heterocycles. The minimum Gasteiger partial charge on any atom is -0.396 e. The maximum Gasteiger partial charge on any atom is 0.315 e. The van der Waals surface area contributed by atoms with Crippen molar-refractivity contribution in [2.45, 2.75) is 51.0 Å². The van der Waals surface area contributed by atoms with Gasteiger partial charge in [-0.05, 0) is 31.2 Å². The average Bonchev–Trinajstić information content (AvgIpc) is 2.79. The van der Waals surface area contributed by atoms with Crippen molar-refractivity contribution < 1.29 is 9.90 Å². The molecule has 1 saturated carbocycles. The minimum absolute atomic E-state index is 0.103. The van der Waals surface area contributed by atoms with E-state index < -0.39 is 0 Å². The highest BCUT2D eigenvalue weighted by Gasteiger charge is 2.24. The van der Waals surface area contributed by atoms with Crippen LogP contribution in [0.15, 0.2) is 12.4 Å². The van der Waals surface area contributed by atoms with E-state index in [9.17, 15) is 9.90 Å². The number of amides is 2. The van der Waals surface area contributed by atoms with E-state index in [-0.39, 0.29) is 24.6 Å². The van der Waals surface area contributed by atoms with Crippen molar-refractivity contribution in [2.75, 3.05) is 13.2 Å². The predicted octanol–water partition coefficient (Wildman–Crippen LogP) is 1.59. The van der Waals surface area contributed by atoms with Gasteiger partial charge in [0, 0.05) is 38.4 Å². The quantitative estimate of drug-likeness (QED) is 0.551. The summed E-state index contributed by atoms with van der Waals surface area (Å²) in [6, 6.07) is -0.0117. The molecule has 0 saturated heterocycles. The maximum atomic E-state index is 12.0. The Kier molecular flexibility index (Phi) is 6.71. The Bertz CT molecular complexity index is 461. The Hall–Kier alpha value is -1.56. The van der Waals surface area contributed by atoms with E-state index in [4.69, 9.17) is 0 Å². The van der Waals surface area contributed by atoms with Crippen LogP contribution in [0.1, 0.15) is 44.1 Å². The van der Waals surface area contributed by atoms with Gasteiger partial charge in [0.15, 0.2) is 0 Å². The second-order valence-corrected chi connectivity index (χ2v) is 6.21. The van der Waals surface area contributed by atoms with Crippen molar-refractivity contribution in [2.24, 2.45) is 13.0 Å². The SMILES string of the molecule is Cn1cc(CCCNC(=O)NC2CCCCCC2CO)cn1. The lowest BCUT2D eigenvalue weighted by atomic mass is 9.96. The number of hydrogen-bond acceptors (Lipinski definition) is 3. The molecule has 2 atom stereocenters. The molecule has 1 aromatic heterocycles. The molecule has 22 heavy (non-hydrogen) atoms. The molecule has 0 bridgehead atoms. The number of urea groups is 1. The zero-order valence-corrected chi connectivity index (χ0v) is 13.4. The molecule has 2 amide bonds. The van der Waals surface area contributed by atoms with Crippen molar-refractivity contribution >= 4 is 6.03 Å². The number of nitrogens with zero attached hydrogens (tertiary/aromatic N) is 2. The summed E-state index contributed by atoms with van der Waals surface area (Å²) in [7, 11) is 1.90. The molecule has 0 spiro atoms. The van der Waals surface area contributed by atoms with Crippen LogP contribution in [0.2, 0.25) is 0 Å². The van der Waals surface area contributed by atoms with Gasteiger partial charge in [0.1, 0.15) is 0 Å². The normalized spacial score (nSPS) is 22.1. The highest BCUT2D eigenvalue weighted by Crippen LogP contribution is 2.23. The monoisotopic (exact) mass is 308 g/mol. The Labute approximate surface area is 132 Å². The van der Waals surface area contributed by atoms with Gasteiger partial charge in [-0.1, -0.05) is 19.3 Å². The summed E-state index contributed by atoms with van der Waals surface area (Å²) in [6.07, 6.45) is 11.1. The van der Waals surface area contributed by atoms with Crippen LogP contribution in [0, 0.1) is 5.92 Å². The van der Waals surface area contributed by atoms with Gasteiger partial charge in [0.2, 0.25) is 0 Å². The van der Waals surface area contributed by atoms with Gasteiger partial charge >= 0.3 is 6.03 Å². The first-order valence-electron chi connectivity index (χ1n) is 8.32. The Morgan fingerprint density at radius 2 is 2.23 bits per heavy atom. The van der Waals surface area contributed by atoms with Crippen LogP contribution in [0.4, 0.5) is 4.79 Å². The summed E-state index contributed by atoms with van der Waals surface area (Å²) < 4.78 is 1.79. The van der Waals surface area contributed by atoms with Gasteiger partial charge in [-0.25, -0.2) is 4.79 Å². The molecule has 3 N–H and O–H groups in total. The van der Waals surface area contributed by atoms with Crippen LogP contribution in [-0.2, 0) is 13.5 Å². The third-order valence-corrected chi connectivity index (χ3v) is 4.40. The molecule has 1 aliphatic rings. The smallest absolute Gasteiger partial charge is 0.315 e. The zero-order valence-electron chi connectivity index (χ0n) is 13.4. The standard InChI is InChI=1S/C16H28N4O2/c1-20-11-13(10-18-20)6-5-9-17-16(22)19-15-8-4-2-3-7-14(15)12-21/h10-11,14-15,21H,2-9,12H2,1H3,(H2,17,19,22). The molecule has 6 heteroatoms. The number of aromatic nitrogens is 2. The van der Waals surface area contributed by atoms with Crippen LogP contribution in [0.3, 0.4) is 0 Å². The zero-order chi connectivity index (χ0) is 15.8. The van der Waals surface area contributed by atoms with Gasteiger partial charge in [-0.15, -0.1) is 0 Å². The van der Waals surface area contributed by atoms with Crippen molar-refractivity contribution in [3.8, 4) is 0 Å². The van der Waals surface area contributed by atoms with Crippen molar-refractivity contribution in [3.05, 3.63) is 18.0 Å². The molecule has 0 radical (unpaired) electrons. The summed E-state index contributed by atoms with van der Waals surface area (Å²) >= 11 is 0. The molecule has 1 aliphatic carbocycles. The number of rotatable bonds is 6. The number of nitrogens with one attached hydrogen (secondary N) is 2. The van der Waals surface area contributed by atoms with Crippen LogP contribution in [-0.4, -0.2) is 40.1 Å². The molecule has 0 aliphatic heterocycles. The largest absolute Gasteiger partial charge is 0.396 e. The molecule has 2 rings (SSSR count). The fraction of sp³-hybridized carbons (Fsp3) is 0.750. The van der Waals surface area contributed by atoms with Gasteiger partial charge in [0.05, 0.1) is 6.20 Å². The maximum absolute atomic E-state index is 12.0. The molecular formula is C16H28N4O2. The number of aryl methyl sites for hydroxylation is 2. The van der Waals surface area contributed by atoms with Crippen molar-refractivity contribution in [1.82, 2.24) is 20.4 Å². The van der Waals surface area contributed by atoms with Crippen LogP contribution >= 0.6 is 0 Å². The van der Waals surface area contributed by atoms with Gasteiger partial charge in [-0.2, -0.15) is 5.10 Å². The van der Waals surface area contributed by atoms with E-state index in [1.54, 1.807) is 4.68 Å². The van der Waals surface area contributed by atoms with E-state index in [2.05, 4.69) is 15.7 Å². The molecule has 6 nitrogen and oxygen atoms in total. The number of aliphatic hydroxyl groups excluding tert-OH is 1. The van der Waals surface area contributed by atoms with Crippen molar-refractivity contribution in [1.29, 1.82) is 0 Å². The Morgan fingerprint density at radius 3 is 2.95 bits per heavy atom. The fourth-order valence-electron chi connectivity index (χ4n) is 3.11. The highest BCUT2D eigenvalue weighted by atomic mass is 16.3. The van der Waals surface area contributed by atoms with Crippen molar-refractivity contribution in [3.63, 3.8) is 0 Å². The Morgan fingerprint density at radius 1 is 1.41 bits per heavy atom. The lowest BCUT2D eigenvalue weighted by Crippen LogP contribution is -2.46. The molecule has 124 valence electrons. The minimum atomic E-state index is -0.114. The summed E-state index contributed by atoms with van der Waals surface area (Å²) in [5.41, 5.74) is 1.19. The van der Waals surface area contributed by atoms with Crippen LogP contribution in [0.25, 0.3) is 0 Å². The number of hydrogen-bond donors (Lipinski definition) is 3. The number of aliphatic hydroxyl groups is 1. The fourth-order valence-corrected chi connectivity index (χ4v) is 3.11. The molecule has 1 aromatic rings. The second kappa shape index (κ2) is 8.78. The summed E-state index contributed by atoms with van der Waals surface area (Å²) in [4.78, 5) is 12.0. The summed E-state index contributed by atoms with van der Waals surface area (Å²) in [6.45, 7) is 0.809. The lowest BCUT2D eigenvalue weighted by molar-refractivity contribution is 0.179. The topological polar surface area (TPSA) is 79.2 Å². The lowest BCUT2D eigenvalue weighted by Gasteiger charge is -2.24. The first-order valence-corrected chi connectivity index (χ1v) is 8.32. The summed E-state index contributed by atoms with van der Waals surface area (Å²) in [5, 5.41) is 19.5. The first-order chi connectivity index (χ1) is 10.7. The van der Waals surface area contributed by atoms with E-state index in [1.807, 2.05) is 19.4 Å². The average molecular weight is 308 g/mol. The second-order valence-electron chi connectivity index (χ2n) is 6.21. The Balaban J connectivity index is 1.66. The molecule has 2 unspecified atom stereocenters. The number of carbonyl (C=O) groups excluding carboxylic acids is 1. The molecule has 0 aromatic carbocycles. The number of carbonyl (C=O) groups is 1. The molecular weight excluding hydrogens is 280 g/mol. The van der Waals surface area contributed by atoms with E-state index in [1.165, 1.54) is 12.0 Å². The third-order valence-electron chi connectivity index (χ3n) is 4.40. The van der Waals surface area contributed by atoms with E-state index >= 15 is 0 Å². The molecule has 1 fully saturated rings. The van der Waals surface area contributed by atoms with E-state index in [0.717, 1.165) is 38.5 Å². The highest BCUT2D eigenvalue weighted by molar-refractivity contribution is 5.74. The van der Waals surface area contributed by atoms with E-state index in [0.29, 0.717) is 6.54 Å².